The number of halogens is 2. The number of carbonyl (C=O) groups is 1. The Morgan fingerprint density at radius 2 is 1.76 bits per heavy atom. The van der Waals surface area contributed by atoms with Crippen LogP contribution in [0.2, 0.25) is 0 Å². The van der Waals surface area contributed by atoms with E-state index in [9.17, 15) is 17.6 Å². The van der Waals surface area contributed by atoms with Crippen molar-refractivity contribution in [3.05, 3.63) is 58.3 Å². The Balaban J connectivity index is 2.33. The van der Waals surface area contributed by atoms with Gasteiger partial charge in [-0.15, -0.1) is 0 Å². The van der Waals surface area contributed by atoms with Gasteiger partial charge in [-0.1, -0.05) is 15.9 Å². The third-order valence-electron chi connectivity index (χ3n) is 2.63. The third kappa shape index (κ3) is 3.68. The van der Waals surface area contributed by atoms with E-state index in [1.165, 1.54) is 37.3 Å². The minimum absolute atomic E-state index is 0.000578. The average Bonchev–Trinajstić information content (AvgIpc) is 2.41. The van der Waals surface area contributed by atoms with Crippen molar-refractivity contribution < 1.29 is 21.8 Å². The van der Waals surface area contributed by atoms with E-state index in [-0.39, 0.29) is 11.5 Å². The SMILES string of the molecule is CC(=O)c1ccc(OS(=O)(=O)c2cc(Br)ccc2F)cc1. The highest BCUT2D eigenvalue weighted by molar-refractivity contribution is 9.10. The molecule has 2 aromatic rings. The Labute approximate surface area is 129 Å². The Morgan fingerprint density at radius 1 is 1.14 bits per heavy atom. The maximum absolute atomic E-state index is 13.6. The first kappa shape index (κ1) is 15.7. The molecule has 0 heterocycles. The standard InChI is InChI=1S/C14H10BrFO4S/c1-9(17)10-2-5-12(6-3-10)20-21(18,19)14-8-11(15)4-7-13(14)16/h2-8H,1H3. The zero-order chi connectivity index (χ0) is 15.6. The molecule has 0 fully saturated rings. The Bertz CT molecular complexity index is 785. The number of hydrogen-bond acceptors (Lipinski definition) is 4. The van der Waals surface area contributed by atoms with Gasteiger partial charge in [0.05, 0.1) is 0 Å². The van der Waals surface area contributed by atoms with Gasteiger partial charge in [0, 0.05) is 10.0 Å². The van der Waals surface area contributed by atoms with Crippen LogP contribution in [-0.4, -0.2) is 14.2 Å². The fourth-order valence-electron chi connectivity index (χ4n) is 1.59. The molecular formula is C14H10BrFO4S. The summed E-state index contributed by atoms with van der Waals surface area (Å²) in [6, 6.07) is 9.08. The number of benzene rings is 2. The van der Waals surface area contributed by atoms with Crippen LogP contribution in [-0.2, 0) is 10.1 Å². The van der Waals surface area contributed by atoms with Crippen molar-refractivity contribution >= 4 is 31.8 Å². The first-order valence-corrected chi connectivity index (χ1v) is 8.00. The normalized spacial score (nSPS) is 11.2. The van der Waals surface area contributed by atoms with Crippen LogP contribution in [0.5, 0.6) is 5.75 Å². The van der Waals surface area contributed by atoms with Crippen LogP contribution in [0.4, 0.5) is 4.39 Å². The van der Waals surface area contributed by atoms with Crippen LogP contribution >= 0.6 is 15.9 Å². The quantitative estimate of drug-likeness (QED) is 0.608. The highest BCUT2D eigenvalue weighted by Crippen LogP contribution is 2.24. The van der Waals surface area contributed by atoms with Gasteiger partial charge in [-0.2, -0.15) is 8.42 Å². The largest absolute Gasteiger partial charge is 0.379 e. The number of Topliss-reactive ketones (excluding diaryl/α,β-unsaturated/α-hetero) is 1. The third-order valence-corrected chi connectivity index (χ3v) is 4.39. The van der Waals surface area contributed by atoms with E-state index in [1.54, 1.807) is 0 Å². The van der Waals surface area contributed by atoms with Crippen molar-refractivity contribution in [2.75, 3.05) is 0 Å². The van der Waals surface area contributed by atoms with Crippen LogP contribution in [0.3, 0.4) is 0 Å². The highest BCUT2D eigenvalue weighted by atomic mass is 79.9. The zero-order valence-corrected chi connectivity index (χ0v) is 13.2. The van der Waals surface area contributed by atoms with Crippen molar-refractivity contribution in [2.45, 2.75) is 11.8 Å². The summed E-state index contributed by atoms with van der Waals surface area (Å²) in [5.74, 6) is -1.06. The van der Waals surface area contributed by atoms with Gasteiger partial charge in [0.25, 0.3) is 0 Å². The lowest BCUT2D eigenvalue weighted by atomic mass is 10.1. The number of rotatable bonds is 4. The summed E-state index contributed by atoms with van der Waals surface area (Å²) in [5, 5.41) is 0. The van der Waals surface area contributed by atoms with Crippen molar-refractivity contribution in [3.8, 4) is 5.75 Å². The van der Waals surface area contributed by atoms with Crippen LogP contribution in [0.15, 0.2) is 51.8 Å². The molecule has 2 rings (SSSR count). The lowest BCUT2D eigenvalue weighted by Crippen LogP contribution is -2.11. The monoisotopic (exact) mass is 372 g/mol. The van der Waals surface area contributed by atoms with Gasteiger partial charge in [-0.05, 0) is 49.4 Å². The molecule has 0 aromatic heterocycles. The first-order valence-electron chi connectivity index (χ1n) is 5.80. The van der Waals surface area contributed by atoms with Gasteiger partial charge >= 0.3 is 10.1 Å². The number of ketones is 1. The maximum Gasteiger partial charge on any atom is 0.342 e. The molecule has 0 saturated carbocycles. The summed E-state index contributed by atoms with van der Waals surface area (Å²) in [6.07, 6.45) is 0. The molecule has 0 aliphatic heterocycles. The molecule has 0 aliphatic rings. The van der Waals surface area contributed by atoms with Gasteiger partial charge in [0.15, 0.2) is 5.78 Å². The van der Waals surface area contributed by atoms with Gasteiger partial charge in [-0.3, -0.25) is 4.79 Å². The molecule has 110 valence electrons. The van der Waals surface area contributed by atoms with E-state index < -0.39 is 20.8 Å². The first-order chi connectivity index (χ1) is 9.79. The minimum atomic E-state index is -4.29. The topological polar surface area (TPSA) is 60.4 Å². The molecule has 0 unspecified atom stereocenters. The second-order valence-corrected chi connectivity index (χ2v) is 6.62. The molecule has 0 atom stereocenters. The lowest BCUT2D eigenvalue weighted by Gasteiger charge is -2.08. The summed E-state index contributed by atoms with van der Waals surface area (Å²) in [4.78, 5) is 10.6. The van der Waals surface area contributed by atoms with Gasteiger partial charge in [0.1, 0.15) is 16.5 Å². The van der Waals surface area contributed by atoms with E-state index in [2.05, 4.69) is 15.9 Å². The summed E-state index contributed by atoms with van der Waals surface area (Å²) in [6.45, 7) is 1.39. The summed E-state index contributed by atoms with van der Waals surface area (Å²) < 4.78 is 43.0. The molecule has 2 aromatic carbocycles. The molecule has 0 amide bonds. The molecule has 7 heteroatoms. The highest BCUT2D eigenvalue weighted by Gasteiger charge is 2.22. The summed E-state index contributed by atoms with van der Waals surface area (Å²) >= 11 is 3.08. The molecule has 4 nitrogen and oxygen atoms in total. The molecule has 0 saturated heterocycles. The molecule has 0 aliphatic carbocycles. The van der Waals surface area contributed by atoms with Crippen LogP contribution in [0.1, 0.15) is 17.3 Å². The van der Waals surface area contributed by atoms with Gasteiger partial charge < -0.3 is 4.18 Å². The second-order valence-electron chi connectivity index (χ2n) is 4.19. The molecule has 0 bridgehead atoms. The van der Waals surface area contributed by atoms with E-state index >= 15 is 0 Å². The van der Waals surface area contributed by atoms with Gasteiger partial charge in [-0.25, -0.2) is 4.39 Å². The zero-order valence-electron chi connectivity index (χ0n) is 10.8. The molecule has 0 N–H and O–H groups in total. The predicted molar refractivity (Wildman–Crippen MR) is 78.4 cm³/mol. The smallest absolute Gasteiger partial charge is 0.342 e. The van der Waals surface area contributed by atoms with Crippen molar-refractivity contribution in [1.82, 2.24) is 0 Å². The van der Waals surface area contributed by atoms with E-state index in [4.69, 9.17) is 4.18 Å². The Hall–Kier alpha value is -1.73. The molecular weight excluding hydrogens is 363 g/mol. The van der Waals surface area contributed by atoms with Gasteiger partial charge in [0.2, 0.25) is 0 Å². The molecule has 0 radical (unpaired) electrons. The summed E-state index contributed by atoms with van der Waals surface area (Å²) in [7, 11) is -4.29. The fraction of sp³-hybridized carbons (Fsp3) is 0.0714. The Morgan fingerprint density at radius 3 is 2.33 bits per heavy atom. The Kier molecular flexibility index (Phi) is 4.43. The van der Waals surface area contributed by atoms with E-state index in [0.29, 0.717) is 10.0 Å². The van der Waals surface area contributed by atoms with E-state index in [1.807, 2.05) is 0 Å². The summed E-state index contributed by atoms with van der Waals surface area (Å²) in [5.41, 5.74) is 0.424. The maximum atomic E-state index is 13.6. The second kappa shape index (κ2) is 5.95. The predicted octanol–water partition coefficient (Wildman–Crippen LogP) is 3.56. The van der Waals surface area contributed by atoms with Crippen LogP contribution in [0, 0.1) is 5.82 Å². The van der Waals surface area contributed by atoms with Crippen LogP contribution in [0.25, 0.3) is 0 Å². The number of carbonyl (C=O) groups excluding carboxylic acids is 1. The number of hydrogen-bond donors (Lipinski definition) is 0. The molecule has 0 spiro atoms. The van der Waals surface area contributed by atoms with Crippen LogP contribution < -0.4 is 4.18 Å². The van der Waals surface area contributed by atoms with E-state index in [0.717, 1.165) is 12.1 Å². The van der Waals surface area contributed by atoms with Crippen molar-refractivity contribution in [1.29, 1.82) is 0 Å². The average molecular weight is 373 g/mol. The fourth-order valence-corrected chi connectivity index (χ4v) is 3.13. The lowest BCUT2D eigenvalue weighted by molar-refractivity contribution is 0.101. The molecule has 21 heavy (non-hydrogen) atoms. The van der Waals surface area contributed by atoms with Crippen molar-refractivity contribution in [3.63, 3.8) is 0 Å². The minimum Gasteiger partial charge on any atom is -0.379 e. The van der Waals surface area contributed by atoms with Crippen molar-refractivity contribution in [2.24, 2.45) is 0 Å².